The number of anilines is 3. The van der Waals surface area contributed by atoms with E-state index in [9.17, 15) is 0 Å². The number of hydrogen-bond acceptors (Lipinski definition) is 2. The summed E-state index contributed by atoms with van der Waals surface area (Å²) in [5.41, 5.74) is 10.7. The first-order valence-electron chi connectivity index (χ1n) is 17.7. The van der Waals surface area contributed by atoms with Gasteiger partial charge in [-0.05, 0) is 122 Å². The molecule has 0 aliphatic rings. The molecule has 9 aromatic carbocycles. The van der Waals surface area contributed by atoms with E-state index in [4.69, 9.17) is 0 Å². The van der Waals surface area contributed by atoms with Crippen molar-refractivity contribution in [1.82, 2.24) is 0 Å². The molecule has 0 bridgehead atoms. The smallest absolute Gasteiger partial charge is 0.0468 e. The number of hydrogen-bond donors (Lipinski definition) is 0. The van der Waals surface area contributed by atoms with Crippen molar-refractivity contribution in [3.63, 3.8) is 0 Å². The first kappa shape index (κ1) is 30.4. The summed E-state index contributed by atoms with van der Waals surface area (Å²) >= 11 is 1.86. The average molecular weight is 680 g/mol. The normalized spacial score (nSPS) is 11.5. The Morgan fingerprint density at radius 2 is 0.769 bits per heavy atom. The van der Waals surface area contributed by atoms with E-state index in [1.54, 1.807) is 0 Å². The molecule has 0 aliphatic heterocycles. The van der Waals surface area contributed by atoms with E-state index in [2.05, 4.69) is 205 Å². The van der Waals surface area contributed by atoms with E-state index in [0.717, 1.165) is 17.1 Å². The molecule has 244 valence electrons. The largest absolute Gasteiger partial charge is 0.310 e. The molecular weight excluding hydrogens is 647 g/mol. The molecule has 0 N–H and O–H groups in total. The van der Waals surface area contributed by atoms with E-state index in [1.165, 1.54) is 75.1 Å². The van der Waals surface area contributed by atoms with Crippen molar-refractivity contribution in [3.05, 3.63) is 200 Å². The third-order valence-corrected chi connectivity index (χ3v) is 11.3. The van der Waals surface area contributed by atoms with Gasteiger partial charge in [0.1, 0.15) is 0 Å². The summed E-state index contributed by atoms with van der Waals surface area (Å²) in [6.45, 7) is 0. The van der Waals surface area contributed by atoms with Gasteiger partial charge in [0.25, 0.3) is 0 Å². The number of nitrogens with zero attached hydrogens (tertiary/aromatic N) is 1. The van der Waals surface area contributed by atoms with Crippen LogP contribution in [0.5, 0.6) is 0 Å². The quantitative estimate of drug-likeness (QED) is 0.169. The molecule has 1 nitrogen and oxygen atoms in total. The van der Waals surface area contributed by atoms with Crippen LogP contribution in [0, 0.1) is 0 Å². The van der Waals surface area contributed by atoms with Crippen LogP contribution in [-0.2, 0) is 0 Å². The third-order valence-electron chi connectivity index (χ3n) is 10.2. The molecular formula is C50H33NS. The standard InChI is InChI=1S/C50H33NS/c1-3-10-34(11-4-1)37-14-9-15-44(31-37)51(46-26-27-50-48(33-46)47-16-7-8-17-49(47)52-50)45-25-24-36-18-19-42(30-43(36)32-45)41-23-22-39-28-38(20-21-40(39)29-41)35-12-5-2-6-13-35/h1-33H. The average Bonchev–Trinajstić information content (AvgIpc) is 3.59. The van der Waals surface area contributed by atoms with Crippen LogP contribution in [0.3, 0.4) is 0 Å². The van der Waals surface area contributed by atoms with Crippen molar-refractivity contribution < 1.29 is 0 Å². The van der Waals surface area contributed by atoms with Crippen molar-refractivity contribution >= 4 is 70.1 Å². The van der Waals surface area contributed by atoms with Crippen LogP contribution in [0.15, 0.2) is 200 Å². The Kier molecular flexibility index (Phi) is 7.41. The molecule has 52 heavy (non-hydrogen) atoms. The summed E-state index contributed by atoms with van der Waals surface area (Å²) in [4.78, 5) is 2.41. The van der Waals surface area contributed by atoms with Gasteiger partial charge in [-0.3, -0.25) is 0 Å². The van der Waals surface area contributed by atoms with Crippen LogP contribution in [0.2, 0.25) is 0 Å². The van der Waals surface area contributed by atoms with Gasteiger partial charge in [-0.15, -0.1) is 11.3 Å². The third kappa shape index (κ3) is 5.51. The van der Waals surface area contributed by atoms with Gasteiger partial charge in [0, 0.05) is 37.2 Å². The predicted molar refractivity (Wildman–Crippen MR) is 225 cm³/mol. The summed E-state index contributed by atoms with van der Waals surface area (Å²) in [5, 5.41) is 7.51. The Hall–Kier alpha value is -6.48. The molecule has 2 heteroatoms. The van der Waals surface area contributed by atoms with Gasteiger partial charge in [-0.1, -0.05) is 133 Å². The topological polar surface area (TPSA) is 3.24 Å². The second kappa shape index (κ2) is 12.7. The second-order valence-electron chi connectivity index (χ2n) is 13.4. The summed E-state index contributed by atoms with van der Waals surface area (Å²) < 4.78 is 2.62. The maximum absolute atomic E-state index is 2.41. The minimum absolute atomic E-state index is 1.13. The molecule has 0 spiro atoms. The monoisotopic (exact) mass is 679 g/mol. The highest BCUT2D eigenvalue weighted by Crippen LogP contribution is 2.42. The summed E-state index contributed by atoms with van der Waals surface area (Å²) in [6.07, 6.45) is 0. The van der Waals surface area contributed by atoms with Gasteiger partial charge in [0.15, 0.2) is 0 Å². The van der Waals surface area contributed by atoms with Crippen LogP contribution in [0.4, 0.5) is 17.1 Å². The molecule has 0 atom stereocenters. The molecule has 1 heterocycles. The van der Waals surface area contributed by atoms with Gasteiger partial charge in [0.2, 0.25) is 0 Å². The van der Waals surface area contributed by atoms with Gasteiger partial charge in [-0.2, -0.15) is 0 Å². The highest BCUT2D eigenvalue weighted by Gasteiger charge is 2.17. The first-order chi connectivity index (χ1) is 25.7. The molecule has 0 amide bonds. The molecule has 0 unspecified atom stereocenters. The summed E-state index contributed by atoms with van der Waals surface area (Å²) in [7, 11) is 0. The lowest BCUT2D eigenvalue weighted by Gasteiger charge is -2.26. The van der Waals surface area contributed by atoms with Crippen molar-refractivity contribution in [3.8, 4) is 33.4 Å². The van der Waals surface area contributed by atoms with Crippen LogP contribution in [0.1, 0.15) is 0 Å². The summed E-state index contributed by atoms with van der Waals surface area (Å²) in [5.74, 6) is 0. The SMILES string of the molecule is c1ccc(-c2cccc(N(c3ccc4ccc(-c5ccc6cc(-c7ccccc7)ccc6c5)cc4c3)c3ccc4sc5ccccc5c4c3)c2)cc1. The Balaban J connectivity index is 1.09. The van der Waals surface area contributed by atoms with Crippen molar-refractivity contribution in [2.24, 2.45) is 0 Å². The molecule has 0 saturated carbocycles. The molecule has 10 aromatic rings. The molecule has 0 saturated heterocycles. The van der Waals surface area contributed by atoms with Gasteiger partial charge in [-0.25, -0.2) is 0 Å². The molecule has 10 rings (SSSR count). The number of benzene rings is 9. The van der Waals surface area contributed by atoms with Crippen molar-refractivity contribution in [2.45, 2.75) is 0 Å². The van der Waals surface area contributed by atoms with Crippen LogP contribution in [-0.4, -0.2) is 0 Å². The molecule has 0 aliphatic carbocycles. The Bertz CT molecular complexity index is 2910. The first-order valence-corrected chi connectivity index (χ1v) is 18.6. The molecule has 0 fully saturated rings. The zero-order valence-electron chi connectivity index (χ0n) is 28.4. The lowest BCUT2D eigenvalue weighted by atomic mass is 9.96. The number of fused-ring (bicyclic) bond motifs is 5. The molecule has 0 radical (unpaired) electrons. The van der Waals surface area contributed by atoms with Gasteiger partial charge in [0.05, 0.1) is 0 Å². The predicted octanol–water partition coefficient (Wildman–Crippen LogP) is 14.8. The number of thiophene rings is 1. The van der Waals surface area contributed by atoms with E-state index in [-0.39, 0.29) is 0 Å². The zero-order valence-corrected chi connectivity index (χ0v) is 29.2. The van der Waals surface area contributed by atoms with Crippen LogP contribution < -0.4 is 4.90 Å². The molecule has 1 aromatic heterocycles. The lowest BCUT2D eigenvalue weighted by Crippen LogP contribution is -2.10. The lowest BCUT2D eigenvalue weighted by molar-refractivity contribution is 1.30. The second-order valence-corrected chi connectivity index (χ2v) is 14.5. The van der Waals surface area contributed by atoms with Gasteiger partial charge >= 0.3 is 0 Å². The Morgan fingerprint density at radius 3 is 1.50 bits per heavy atom. The zero-order chi connectivity index (χ0) is 34.4. The highest BCUT2D eigenvalue weighted by molar-refractivity contribution is 7.25. The minimum Gasteiger partial charge on any atom is -0.310 e. The maximum Gasteiger partial charge on any atom is 0.0468 e. The fourth-order valence-electron chi connectivity index (χ4n) is 7.54. The van der Waals surface area contributed by atoms with E-state index in [1.807, 2.05) is 11.3 Å². The van der Waals surface area contributed by atoms with Crippen LogP contribution >= 0.6 is 11.3 Å². The van der Waals surface area contributed by atoms with Crippen molar-refractivity contribution in [1.29, 1.82) is 0 Å². The van der Waals surface area contributed by atoms with Crippen molar-refractivity contribution in [2.75, 3.05) is 4.90 Å². The Morgan fingerprint density at radius 1 is 0.269 bits per heavy atom. The Labute approximate surface area is 307 Å². The number of rotatable bonds is 6. The fourth-order valence-corrected chi connectivity index (χ4v) is 8.63. The van der Waals surface area contributed by atoms with Crippen LogP contribution in [0.25, 0.3) is 75.1 Å². The fraction of sp³-hybridized carbons (Fsp3) is 0. The maximum atomic E-state index is 2.41. The minimum atomic E-state index is 1.13. The van der Waals surface area contributed by atoms with Gasteiger partial charge < -0.3 is 4.90 Å². The van der Waals surface area contributed by atoms with E-state index >= 15 is 0 Å². The van der Waals surface area contributed by atoms with E-state index < -0.39 is 0 Å². The van der Waals surface area contributed by atoms with E-state index in [0.29, 0.717) is 0 Å². The summed E-state index contributed by atoms with van der Waals surface area (Å²) in [6, 6.07) is 73.1. The highest BCUT2D eigenvalue weighted by atomic mass is 32.1.